The molecule has 0 fully saturated rings. The first kappa shape index (κ1) is 29.9. The number of amides is 2. The number of hydrogen-bond acceptors (Lipinski definition) is 5. The fraction of sp³-hybridized carbons (Fsp3) is 0.364. The van der Waals surface area contributed by atoms with Gasteiger partial charge in [0.15, 0.2) is 0 Å². The zero-order valence-corrected chi connectivity index (χ0v) is 20.2. The Morgan fingerprint density at radius 3 is 2.38 bits per heavy atom. The van der Waals surface area contributed by atoms with E-state index in [-0.39, 0.29) is 22.2 Å². The van der Waals surface area contributed by atoms with Crippen LogP contribution in [0.2, 0.25) is 5.02 Å². The molecule has 1 aromatic carbocycles. The van der Waals surface area contributed by atoms with E-state index in [1.54, 1.807) is 0 Å². The molecule has 0 bridgehead atoms. The van der Waals surface area contributed by atoms with Gasteiger partial charge < -0.3 is 20.4 Å². The summed E-state index contributed by atoms with van der Waals surface area (Å²) in [7, 11) is 1.07. The minimum absolute atomic E-state index is 0.126. The molecule has 2 N–H and O–H groups in total. The number of benzene rings is 1. The van der Waals surface area contributed by atoms with Gasteiger partial charge in [0, 0.05) is 18.8 Å². The summed E-state index contributed by atoms with van der Waals surface area (Å²) in [5, 5.41) is 6.75. The lowest BCUT2D eigenvalue weighted by Gasteiger charge is -2.36. The van der Waals surface area contributed by atoms with Crippen LogP contribution >= 0.6 is 11.6 Å². The first-order valence-corrected chi connectivity index (χ1v) is 10.9. The van der Waals surface area contributed by atoms with Crippen LogP contribution in [0.4, 0.5) is 39.5 Å². The minimum Gasteiger partial charge on any atom is -0.372 e. The Balaban J connectivity index is 1.84. The number of rotatable bonds is 6. The number of carbonyl (C=O) groups is 2. The van der Waals surface area contributed by atoms with Gasteiger partial charge in [-0.15, -0.1) is 0 Å². The van der Waals surface area contributed by atoms with Gasteiger partial charge in [-0.25, -0.2) is 0 Å². The van der Waals surface area contributed by atoms with Crippen LogP contribution in [0.3, 0.4) is 0 Å². The summed E-state index contributed by atoms with van der Waals surface area (Å²) in [6.45, 7) is -2.51. The molecule has 2 amide bonds. The summed E-state index contributed by atoms with van der Waals surface area (Å²) >= 11 is 5.96. The smallest absolute Gasteiger partial charge is 0.372 e. The van der Waals surface area contributed by atoms with Crippen molar-refractivity contribution in [2.24, 2.45) is 5.16 Å². The van der Waals surface area contributed by atoms with Gasteiger partial charge >= 0.3 is 18.5 Å². The van der Waals surface area contributed by atoms with Crippen LogP contribution in [0.15, 0.2) is 52.6 Å². The molecule has 0 spiro atoms. The fourth-order valence-corrected chi connectivity index (χ4v) is 3.70. The fourth-order valence-electron chi connectivity index (χ4n) is 3.50. The molecule has 212 valence electrons. The molecule has 0 saturated carbocycles. The predicted octanol–water partition coefficient (Wildman–Crippen LogP) is 4.60. The standard InChI is InChI=1S/C22H16ClF9N4O3/c1-36-5-4-12(21(27,28)29)7-16(36)19(22(30,31)32)8-15(35-39-19)11-2-3-14(23)13(6-11)18(38)33-9-17(37)34-10-20(24,25)26/h2-3,5-7H,8-10H2,1H3,(H,33,38)(H,34,37). The van der Waals surface area contributed by atoms with Gasteiger partial charge in [-0.1, -0.05) is 28.6 Å². The maximum atomic E-state index is 14.3. The van der Waals surface area contributed by atoms with Gasteiger partial charge in [0.1, 0.15) is 12.1 Å². The third kappa shape index (κ3) is 6.68. The quantitative estimate of drug-likeness (QED) is 0.375. The summed E-state index contributed by atoms with van der Waals surface area (Å²) in [6.07, 6.45) is -15.1. The SMILES string of the molecule is CN1C=C=C(C(F)(F)F)C=C1C1(C(F)(F)F)CC(c2ccc(Cl)c(C(=O)NCC(=O)NCC(F)(F)F)c2)=NO1. The van der Waals surface area contributed by atoms with Crippen LogP contribution in [0, 0.1) is 0 Å². The van der Waals surface area contributed by atoms with Crippen LogP contribution < -0.4 is 10.6 Å². The van der Waals surface area contributed by atoms with Gasteiger partial charge in [-0.2, -0.15) is 39.5 Å². The highest BCUT2D eigenvalue weighted by Gasteiger charge is 2.65. The Bertz CT molecular complexity index is 1290. The van der Waals surface area contributed by atoms with E-state index in [1.807, 2.05) is 11.0 Å². The molecule has 1 atom stereocenters. The number of nitrogens with zero attached hydrogens (tertiary/aromatic N) is 2. The molecule has 0 radical (unpaired) electrons. The van der Waals surface area contributed by atoms with Crippen LogP contribution in [-0.4, -0.2) is 66.7 Å². The normalized spacial score (nSPS) is 19.7. The van der Waals surface area contributed by atoms with Gasteiger partial charge in [-0.3, -0.25) is 9.59 Å². The number of carbonyl (C=O) groups excluding carboxylic acids is 2. The topological polar surface area (TPSA) is 83.0 Å². The summed E-state index contributed by atoms with van der Waals surface area (Å²) in [5.41, 5.74) is -4.77. The van der Waals surface area contributed by atoms with E-state index in [2.05, 4.69) is 5.16 Å². The van der Waals surface area contributed by atoms with Gasteiger partial charge in [0.05, 0.1) is 35.0 Å². The number of oxime groups is 1. The number of nitrogens with one attached hydrogen (secondary N) is 2. The molecular formula is C22H16ClF9N4O3. The molecule has 39 heavy (non-hydrogen) atoms. The second-order valence-electron chi connectivity index (χ2n) is 8.23. The molecule has 0 aliphatic carbocycles. The number of likely N-dealkylation sites (N-methyl/N-ethyl adjacent to an activating group) is 1. The predicted molar refractivity (Wildman–Crippen MR) is 117 cm³/mol. The third-order valence-electron chi connectivity index (χ3n) is 5.42. The molecular weight excluding hydrogens is 575 g/mol. The van der Waals surface area contributed by atoms with E-state index in [4.69, 9.17) is 16.4 Å². The molecule has 0 saturated heterocycles. The van der Waals surface area contributed by atoms with Crippen LogP contribution in [-0.2, 0) is 9.63 Å². The number of hydrogen-bond donors (Lipinski definition) is 2. The van der Waals surface area contributed by atoms with Crippen molar-refractivity contribution in [1.29, 1.82) is 0 Å². The summed E-state index contributed by atoms with van der Waals surface area (Å²) in [5.74, 6) is -2.23. The molecule has 7 nitrogen and oxygen atoms in total. The summed E-state index contributed by atoms with van der Waals surface area (Å²) < 4.78 is 119. The largest absolute Gasteiger partial charge is 0.437 e. The van der Waals surface area contributed by atoms with E-state index < -0.39 is 72.4 Å². The second-order valence-corrected chi connectivity index (χ2v) is 8.63. The van der Waals surface area contributed by atoms with Crippen molar-refractivity contribution in [3.63, 3.8) is 0 Å². The first-order chi connectivity index (χ1) is 17.8. The number of halogens is 10. The molecule has 2 heterocycles. The Morgan fingerprint density at radius 1 is 1.13 bits per heavy atom. The highest BCUT2D eigenvalue weighted by Crippen LogP contribution is 2.48. The lowest BCUT2D eigenvalue weighted by molar-refractivity contribution is -0.258. The van der Waals surface area contributed by atoms with E-state index in [0.717, 1.165) is 24.1 Å². The maximum absolute atomic E-state index is 14.3. The highest BCUT2D eigenvalue weighted by molar-refractivity contribution is 6.34. The van der Waals surface area contributed by atoms with Gasteiger partial charge in [0.2, 0.25) is 5.91 Å². The lowest BCUT2D eigenvalue weighted by Crippen LogP contribution is -2.51. The Hall–Kier alpha value is -3.65. The Kier molecular flexibility index (Phi) is 8.04. The first-order valence-electron chi connectivity index (χ1n) is 10.6. The monoisotopic (exact) mass is 590 g/mol. The molecule has 2 aliphatic rings. The van der Waals surface area contributed by atoms with Crippen molar-refractivity contribution in [3.8, 4) is 0 Å². The van der Waals surface area contributed by atoms with Crippen molar-refractivity contribution in [3.05, 3.63) is 63.6 Å². The van der Waals surface area contributed by atoms with Crippen LogP contribution in [0.5, 0.6) is 0 Å². The lowest BCUT2D eigenvalue weighted by atomic mass is 9.87. The van der Waals surface area contributed by atoms with E-state index in [0.29, 0.717) is 6.20 Å². The van der Waals surface area contributed by atoms with Gasteiger partial charge in [0.25, 0.3) is 11.5 Å². The molecule has 17 heteroatoms. The van der Waals surface area contributed by atoms with E-state index in [9.17, 15) is 49.1 Å². The van der Waals surface area contributed by atoms with Crippen LogP contribution in [0.1, 0.15) is 22.3 Å². The Labute approximate surface area is 218 Å². The highest BCUT2D eigenvalue weighted by atomic mass is 35.5. The molecule has 2 aliphatic heterocycles. The average molecular weight is 591 g/mol. The summed E-state index contributed by atoms with van der Waals surface area (Å²) in [6, 6.07) is 3.26. The molecule has 0 aromatic heterocycles. The zero-order valence-electron chi connectivity index (χ0n) is 19.4. The van der Waals surface area contributed by atoms with Crippen LogP contribution in [0.25, 0.3) is 0 Å². The minimum atomic E-state index is -5.25. The number of alkyl halides is 9. The van der Waals surface area contributed by atoms with Crippen molar-refractivity contribution in [2.45, 2.75) is 30.6 Å². The molecule has 1 aromatic rings. The third-order valence-corrected chi connectivity index (χ3v) is 5.75. The molecule has 1 unspecified atom stereocenters. The van der Waals surface area contributed by atoms with Crippen molar-refractivity contribution < 1.29 is 53.9 Å². The second kappa shape index (κ2) is 10.5. The average Bonchev–Trinajstić information content (AvgIpc) is 3.27. The zero-order chi connectivity index (χ0) is 29.4. The van der Waals surface area contributed by atoms with Crippen molar-refractivity contribution >= 4 is 29.1 Å². The number of allylic oxidation sites excluding steroid dienone is 2. The van der Waals surface area contributed by atoms with E-state index >= 15 is 0 Å². The van der Waals surface area contributed by atoms with Gasteiger partial charge in [-0.05, 0) is 18.2 Å². The van der Waals surface area contributed by atoms with Crippen molar-refractivity contribution in [1.82, 2.24) is 15.5 Å². The summed E-state index contributed by atoms with van der Waals surface area (Å²) in [4.78, 5) is 29.5. The molecule has 3 rings (SSSR count). The Morgan fingerprint density at radius 2 is 1.79 bits per heavy atom. The maximum Gasteiger partial charge on any atom is 0.437 e. The van der Waals surface area contributed by atoms with E-state index in [1.165, 1.54) is 11.4 Å². The van der Waals surface area contributed by atoms with Crippen molar-refractivity contribution in [2.75, 3.05) is 20.1 Å².